The number of hydrogen-bond acceptors (Lipinski definition) is 3. The second-order valence-electron chi connectivity index (χ2n) is 4.34. The molecule has 1 aromatic heterocycles. The Hall–Kier alpha value is -1.58. The molecule has 0 fully saturated rings. The lowest BCUT2D eigenvalue weighted by molar-refractivity contribution is 0.415. The summed E-state index contributed by atoms with van der Waals surface area (Å²) in [5, 5.41) is 4.00. The fraction of sp³-hybridized carbons (Fsp3) is 0.267. The van der Waals surface area contributed by atoms with E-state index in [1.165, 1.54) is 5.56 Å². The van der Waals surface area contributed by atoms with Gasteiger partial charge in [-0.2, -0.15) is 0 Å². The molecule has 0 amide bonds. The van der Waals surface area contributed by atoms with Gasteiger partial charge < -0.3 is 10.1 Å². The third-order valence-corrected chi connectivity index (χ3v) is 3.25. The van der Waals surface area contributed by atoms with Gasteiger partial charge in [-0.15, -0.1) is 0 Å². The number of nitrogens with one attached hydrogen (secondary N) is 1. The molecule has 2 aromatic rings. The van der Waals surface area contributed by atoms with Crippen LogP contribution < -0.4 is 10.1 Å². The lowest BCUT2D eigenvalue weighted by Gasteiger charge is -2.08. The minimum absolute atomic E-state index is 0.635. The molecule has 0 aliphatic carbocycles. The average Bonchev–Trinajstić information content (AvgIpc) is 2.41. The van der Waals surface area contributed by atoms with Gasteiger partial charge in [-0.05, 0) is 36.2 Å². The van der Waals surface area contributed by atoms with Crippen LogP contribution in [0, 0.1) is 6.92 Å². The number of ether oxygens (including phenoxy) is 1. The first-order valence-electron chi connectivity index (χ1n) is 6.14. The van der Waals surface area contributed by atoms with Crippen molar-refractivity contribution in [1.82, 2.24) is 10.3 Å². The number of methoxy groups -OCH3 is 1. The minimum Gasteiger partial charge on any atom is -0.495 e. The van der Waals surface area contributed by atoms with Gasteiger partial charge in [0.1, 0.15) is 5.75 Å². The van der Waals surface area contributed by atoms with Crippen molar-refractivity contribution in [3.05, 3.63) is 58.4 Å². The van der Waals surface area contributed by atoms with Gasteiger partial charge in [0.15, 0.2) is 0 Å². The van der Waals surface area contributed by atoms with Crippen molar-refractivity contribution >= 4 is 11.6 Å². The predicted octanol–water partition coefficient (Wildman–Crippen LogP) is 3.34. The molecule has 19 heavy (non-hydrogen) atoms. The van der Waals surface area contributed by atoms with Gasteiger partial charge in [0.05, 0.1) is 17.8 Å². The number of hydrogen-bond donors (Lipinski definition) is 1. The molecule has 1 heterocycles. The number of rotatable bonds is 5. The maximum absolute atomic E-state index is 6.09. The largest absolute Gasteiger partial charge is 0.495 e. The summed E-state index contributed by atoms with van der Waals surface area (Å²) in [5.74, 6) is 0.700. The molecular formula is C15H17ClN2O. The second kappa shape index (κ2) is 6.55. The molecule has 0 unspecified atom stereocenters. The molecule has 4 heteroatoms. The quantitative estimate of drug-likeness (QED) is 0.909. The summed E-state index contributed by atoms with van der Waals surface area (Å²) in [6.07, 6.45) is 1.81. The Balaban J connectivity index is 1.93. The van der Waals surface area contributed by atoms with Crippen LogP contribution >= 0.6 is 11.6 Å². The third-order valence-electron chi connectivity index (χ3n) is 2.96. The smallest absolute Gasteiger partial charge is 0.137 e. The van der Waals surface area contributed by atoms with E-state index in [4.69, 9.17) is 16.3 Å². The SMILES string of the molecule is COc1ccc(CNCc2ncccc2C)cc1Cl. The van der Waals surface area contributed by atoms with Gasteiger partial charge in [-0.25, -0.2) is 0 Å². The number of halogens is 1. The first-order valence-corrected chi connectivity index (χ1v) is 6.52. The van der Waals surface area contributed by atoms with Gasteiger partial charge in [0.25, 0.3) is 0 Å². The maximum Gasteiger partial charge on any atom is 0.137 e. The Kier molecular flexibility index (Phi) is 4.77. The van der Waals surface area contributed by atoms with Crippen LogP contribution in [0.1, 0.15) is 16.8 Å². The van der Waals surface area contributed by atoms with E-state index in [0.29, 0.717) is 10.8 Å². The molecule has 0 aliphatic heterocycles. The van der Waals surface area contributed by atoms with E-state index in [-0.39, 0.29) is 0 Å². The number of benzene rings is 1. The molecule has 0 bridgehead atoms. The van der Waals surface area contributed by atoms with Crippen LogP contribution in [0.4, 0.5) is 0 Å². The Labute approximate surface area is 118 Å². The normalized spacial score (nSPS) is 10.5. The van der Waals surface area contributed by atoms with E-state index in [1.807, 2.05) is 30.5 Å². The molecule has 3 nitrogen and oxygen atoms in total. The van der Waals surface area contributed by atoms with Crippen molar-refractivity contribution in [2.45, 2.75) is 20.0 Å². The molecular weight excluding hydrogens is 260 g/mol. The van der Waals surface area contributed by atoms with Crippen LogP contribution in [-0.4, -0.2) is 12.1 Å². The number of aryl methyl sites for hydroxylation is 1. The van der Waals surface area contributed by atoms with Gasteiger partial charge >= 0.3 is 0 Å². The number of nitrogens with zero attached hydrogens (tertiary/aromatic N) is 1. The summed E-state index contributed by atoms with van der Waals surface area (Å²) in [7, 11) is 1.61. The fourth-order valence-electron chi connectivity index (χ4n) is 1.85. The lowest BCUT2D eigenvalue weighted by Crippen LogP contribution is -2.14. The van der Waals surface area contributed by atoms with Gasteiger partial charge in [-0.1, -0.05) is 23.7 Å². The van der Waals surface area contributed by atoms with E-state index in [9.17, 15) is 0 Å². The summed E-state index contributed by atoms with van der Waals surface area (Å²) in [6, 6.07) is 9.81. The average molecular weight is 277 g/mol. The molecule has 0 spiro atoms. The van der Waals surface area contributed by atoms with E-state index in [2.05, 4.69) is 23.3 Å². The number of pyridine rings is 1. The minimum atomic E-state index is 0.635. The van der Waals surface area contributed by atoms with Crippen molar-refractivity contribution in [2.75, 3.05) is 7.11 Å². The van der Waals surface area contributed by atoms with Crippen LogP contribution in [0.15, 0.2) is 36.5 Å². The van der Waals surface area contributed by atoms with Crippen LogP contribution in [0.25, 0.3) is 0 Å². The zero-order valence-corrected chi connectivity index (χ0v) is 11.9. The molecule has 1 aromatic carbocycles. The zero-order chi connectivity index (χ0) is 13.7. The van der Waals surface area contributed by atoms with Crippen molar-refractivity contribution in [1.29, 1.82) is 0 Å². The van der Waals surface area contributed by atoms with E-state index >= 15 is 0 Å². The summed E-state index contributed by atoms with van der Waals surface area (Å²) >= 11 is 6.09. The Morgan fingerprint density at radius 2 is 2.11 bits per heavy atom. The monoisotopic (exact) mass is 276 g/mol. The van der Waals surface area contributed by atoms with Gasteiger partial charge in [0.2, 0.25) is 0 Å². The van der Waals surface area contributed by atoms with Crippen molar-refractivity contribution in [2.24, 2.45) is 0 Å². The molecule has 0 saturated carbocycles. The summed E-state index contributed by atoms with van der Waals surface area (Å²) in [5.41, 5.74) is 3.39. The molecule has 0 aliphatic rings. The maximum atomic E-state index is 6.09. The van der Waals surface area contributed by atoms with Crippen LogP contribution in [0.2, 0.25) is 5.02 Å². The summed E-state index contributed by atoms with van der Waals surface area (Å²) in [4.78, 5) is 4.35. The molecule has 0 saturated heterocycles. The van der Waals surface area contributed by atoms with Crippen LogP contribution in [0.3, 0.4) is 0 Å². The van der Waals surface area contributed by atoms with Crippen LogP contribution in [-0.2, 0) is 13.1 Å². The highest BCUT2D eigenvalue weighted by Gasteiger charge is 2.02. The molecule has 2 rings (SSSR count). The topological polar surface area (TPSA) is 34.1 Å². The molecule has 0 atom stereocenters. The van der Waals surface area contributed by atoms with Gasteiger partial charge in [-0.3, -0.25) is 4.98 Å². The van der Waals surface area contributed by atoms with Gasteiger partial charge in [0, 0.05) is 19.3 Å². The molecule has 1 N–H and O–H groups in total. The zero-order valence-electron chi connectivity index (χ0n) is 11.1. The van der Waals surface area contributed by atoms with E-state index in [0.717, 1.165) is 24.3 Å². The van der Waals surface area contributed by atoms with Crippen molar-refractivity contribution < 1.29 is 4.74 Å². The standard InChI is InChI=1S/C15H17ClN2O/c1-11-4-3-7-18-14(11)10-17-9-12-5-6-15(19-2)13(16)8-12/h3-8,17H,9-10H2,1-2H3. The first kappa shape index (κ1) is 13.8. The Morgan fingerprint density at radius 1 is 1.26 bits per heavy atom. The Bertz CT molecular complexity index is 558. The van der Waals surface area contributed by atoms with E-state index in [1.54, 1.807) is 7.11 Å². The second-order valence-corrected chi connectivity index (χ2v) is 4.75. The van der Waals surface area contributed by atoms with E-state index < -0.39 is 0 Å². The predicted molar refractivity (Wildman–Crippen MR) is 77.5 cm³/mol. The lowest BCUT2D eigenvalue weighted by atomic mass is 10.2. The molecule has 100 valence electrons. The Morgan fingerprint density at radius 3 is 2.79 bits per heavy atom. The highest BCUT2D eigenvalue weighted by molar-refractivity contribution is 6.32. The van der Waals surface area contributed by atoms with Crippen molar-refractivity contribution in [3.8, 4) is 5.75 Å². The first-order chi connectivity index (χ1) is 9.20. The fourth-order valence-corrected chi connectivity index (χ4v) is 2.13. The summed E-state index contributed by atoms with van der Waals surface area (Å²) in [6.45, 7) is 3.56. The number of aromatic nitrogens is 1. The van der Waals surface area contributed by atoms with Crippen molar-refractivity contribution in [3.63, 3.8) is 0 Å². The highest BCUT2D eigenvalue weighted by Crippen LogP contribution is 2.24. The summed E-state index contributed by atoms with van der Waals surface area (Å²) < 4.78 is 5.13. The van der Waals surface area contributed by atoms with Crippen LogP contribution in [0.5, 0.6) is 5.75 Å². The highest BCUT2D eigenvalue weighted by atomic mass is 35.5. The molecule has 0 radical (unpaired) electrons. The third kappa shape index (κ3) is 3.69.